The van der Waals surface area contributed by atoms with E-state index in [0.29, 0.717) is 23.3 Å². The molecule has 158 valence electrons. The predicted molar refractivity (Wildman–Crippen MR) is 121 cm³/mol. The molecule has 3 nitrogen and oxygen atoms in total. The summed E-state index contributed by atoms with van der Waals surface area (Å²) in [6.07, 6.45) is 6.48. The number of hydrogen-bond acceptors (Lipinski definition) is 3. The monoisotopic (exact) mass is 404 g/mol. The van der Waals surface area contributed by atoms with Gasteiger partial charge in [0, 0.05) is 5.56 Å². The second-order valence-corrected chi connectivity index (χ2v) is 8.78. The van der Waals surface area contributed by atoms with E-state index in [1.807, 2.05) is 54.6 Å². The molecule has 0 saturated heterocycles. The minimum atomic E-state index is -0.947. The van der Waals surface area contributed by atoms with Gasteiger partial charge in [-0.15, -0.1) is 0 Å². The van der Waals surface area contributed by atoms with Crippen LogP contribution in [0.2, 0.25) is 0 Å². The average molecular weight is 405 g/mol. The van der Waals surface area contributed by atoms with Gasteiger partial charge in [0.1, 0.15) is 12.0 Å². The smallest absolute Gasteiger partial charge is 0.321 e. The topological polar surface area (TPSA) is 43.4 Å². The van der Waals surface area contributed by atoms with Crippen LogP contribution < -0.4 is 0 Å². The van der Waals surface area contributed by atoms with Gasteiger partial charge < -0.3 is 4.74 Å². The van der Waals surface area contributed by atoms with E-state index >= 15 is 0 Å². The van der Waals surface area contributed by atoms with Crippen molar-refractivity contribution in [3.63, 3.8) is 0 Å². The molecule has 0 radical (unpaired) electrons. The van der Waals surface area contributed by atoms with E-state index in [4.69, 9.17) is 4.74 Å². The van der Waals surface area contributed by atoms with Crippen LogP contribution >= 0.6 is 0 Å². The van der Waals surface area contributed by atoms with Crippen LogP contribution in [0.4, 0.5) is 0 Å². The van der Waals surface area contributed by atoms with Crippen LogP contribution in [-0.2, 0) is 9.53 Å². The van der Waals surface area contributed by atoms with Crippen molar-refractivity contribution in [2.75, 3.05) is 0 Å². The van der Waals surface area contributed by atoms with Crippen LogP contribution in [0.1, 0.15) is 56.0 Å². The number of Topliss-reactive ketones (excluding diaryl/α,β-unsaturated/α-hetero) is 1. The standard InChI is InChI=1S/C27H32O3/c1-19(2)23-16-14-20(3)18-25(23)30-27(29)24(17-15-21-10-6-4-7-11-21)26(28)22-12-8-5-9-13-22/h4-13,15,17,19-20,23-25H,14,16,18H2,1-3H3/b17-15-/t20-,23+,24-,25+/m0/s1. The third kappa shape index (κ3) is 5.69. The molecule has 0 amide bonds. The first-order valence-electron chi connectivity index (χ1n) is 11.0. The molecule has 0 bridgehead atoms. The number of carbonyl (C=O) groups excluding carboxylic acids is 2. The maximum atomic E-state index is 13.2. The van der Waals surface area contributed by atoms with Crippen molar-refractivity contribution >= 4 is 17.8 Å². The maximum absolute atomic E-state index is 13.2. The van der Waals surface area contributed by atoms with E-state index in [1.165, 1.54) is 0 Å². The molecule has 1 fully saturated rings. The molecule has 4 atom stereocenters. The number of benzene rings is 2. The molecule has 2 aromatic carbocycles. The van der Waals surface area contributed by atoms with Crippen molar-refractivity contribution < 1.29 is 14.3 Å². The summed E-state index contributed by atoms with van der Waals surface area (Å²) in [5.41, 5.74) is 1.47. The van der Waals surface area contributed by atoms with Crippen molar-refractivity contribution in [3.8, 4) is 0 Å². The molecule has 1 aliphatic carbocycles. The molecule has 0 aliphatic heterocycles. The van der Waals surface area contributed by atoms with Crippen LogP contribution in [-0.4, -0.2) is 17.9 Å². The quantitative estimate of drug-likeness (QED) is 0.313. The molecule has 0 spiro atoms. The molecule has 0 unspecified atom stereocenters. The Morgan fingerprint density at radius 1 is 0.967 bits per heavy atom. The highest BCUT2D eigenvalue weighted by atomic mass is 16.5. The summed E-state index contributed by atoms with van der Waals surface area (Å²) < 4.78 is 6.02. The van der Waals surface area contributed by atoms with Gasteiger partial charge in [0.05, 0.1) is 0 Å². The van der Waals surface area contributed by atoms with E-state index in [9.17, 15) is 9.59 Å². The lowest BCUT2D eigenvalue weighted by molar-refractivity contribution is -0.157. The number of esters is 1. The molecule has 1 saturated carbocycles. The van der Waals surface area contributed by atoms with E-state index in [2.05, 4.69) is 20.8 Å². The Morgan fingerprint density at radius 3 is 2.23 bits per heavy atom. The Hall–Kier alpha value is -2.68. The fraction of sp³-hybridized carbons (Fsp3) is 0.407. The van der Waals surface area contributed by atoms with Gasteiger partial charge in [-0.05, 0) is 36.2 Å². The van der Waals surface area contributed by atoms with Crippen LogP contribution in [0.25, 0.3) is 6.08 Å². The molecular formula is C27H32O3. The third-order valence-electron chi connectivity index (χ3n) is 6.10. The van der Waals surface area contributed by atoms with Gasteiger partial charge >= 0.3 is 5.97 Å². The first kappa shape index (κ1) is 22.0. The zero-order valence-corrected chi connectivity index (χ0v) is 18.2. The number of ether oxygens (including phenoxy) is 1. The summed E-state index contributed by atoms with van der Waals surface area (Å²) in [7, 11) is 0. The molecule has 30 heavy (non-hydrogen) atoms. The van der Waals surface area contributed by atoms with Gasteiger partial charge in [-0.25, -0.2) is 0 Å². The van der Waals surface area contributed by atoms with Gasteiger partial charge in [-0.1, -0.05) is 100 Å². The lowest BCUT2D eigenvalue weighted by atomic mass is 9.75. The Kier molecular flexibility index (Phi) is 7.62. The van der Waals surface area contributed by atoms with Crippen LogP contribution in [0.5, 0.6) is 0 Å². The van der Waals surface area contributed by atoms with Crippen molar-refractivity contribution in [1.29, 1.82) is 0 Å². The third-order valence-corrected chi connectivity index (χ3v) is 6.10. The second kappa shape index (κ2) is 10.4. The van der Waals surface area contributed by atoms with Gasteiger partial charge in [0.2, 0.25) is 0 Å². The highest BCUT2D eigenvalue weighted by molar-refractivity contribution is 6.10. The zero-order valence-electron chi connectivity index (χ0n) is 18.2. The number of carbonyl (C=O) groups is 2. The highest BCUT2D eigenvalue weighted by Gasteiger charge is 2.36. The summed E-state index contributed by atoms with van der Waals surface area (Å²) in [5, 5.41) is 0. The number of hydrogen-bond donors (Lipinski definition) is 0. The fourth-order valence-electron chi connectivity index (χ4n) is 4.30. The zero-order chi connectivity index (χ0) is 21.5. The number of ketones is 1. The van der Waals surface area contributed by atoms with Crippen LogP contribution in [0.15, 0.2) is 66.7 Å². The summed E-state index contributed by atoms with van der Waals surface area (Å²) in [4.78, 5) is 26.4. The highest BCUT2D eigenvalue weighted by Crippen LogP contribution is 2.36. The minimum absolute atomic E-state index is 0.127. The first-order valence-corrected chi connectivity index (χ1v) is 11.0. The van der Waals surface area contributed by atoms with E-state index < -0.39 is 11.9 Å². The van der Waals surface area contributed by atoms with Crippen molar-refractivity contribution in [1.82, 2.24) is 0 Å². The lowest BCUT2D eigenvalue weighted by Crippen LogP contribution is -2.38. The second-order valence-electron chi connectivity index (χ2n) is 8.78. The van der Waals surface area contributed by atoms with E-state index in [1.54, 1.807) is 18.2 Å². The first-order chi connectivity index (χ1) is 14.5. The van der Waals surface area contributed by atoms with Crippen LogP contribution in [0, 0.1) is 23.7 Å². The van der Waals surface area contributed by atoms with Crippen molar-refractivity contribution in [2.24, 2.45) is 23.7 Å². The van der Waals surface area contributed by atoms with Gasteiger partial charge in [-0.3, -0.25) is 9.59 Å². The lowest BCUT2D eigenvalue weighted by Gasteiger charge is -2.37. The van der Waals surface area contributed by atoms with E-state index in [-0.39, 0.29) is 11.9 Å². The largest absolute Gasteiger partial charge is 0.461 e. The molecule has 0 aromatic heterocycles. The minimum Gasteiger partial charge on any atom is -0.461 e. The molecule has 0 heterocycles. The average Bonchev–Trinajstić information content (AvgIpc) is 2.75. The summed E-state index contributed by atoms with van der Waals surface area (Å²) in [5.74, 6) is -0.300. The molecule has 0 N–H and O–H groups in total. The summed E-state index contributed by atoms with van der Waals surface area (Å²) in [6.45, 7) is 6.58. The van der Waals surface area contributed by atoms with Gasteiger partial charge in [0.25, 0.3) is 0 Å². The Morgan fingerprint density at radius 2 is 1.60 bits per heavy atom. The van der Waals surface area contributed by atoms with Crippen molar-refractivity contribution in [2.45, 2.75) is 46.1 Å². The molecule has 3 heteroatoms. The maximum Gasteiger partial charge on any atom is 0.321 e. The SMILES string of the molecule is CC(C)[C@H]1CC[C@H](C)C[C@H]1OC(=O)[C@@H](/C=C\c1ccccc1)C(=O)c1ccccc1. The summed E-state index contributed by atoms with van der Waals surface area (Å²) >= 11 is 0. The number of rotatable bonds is 7. The summed E-state index contributed by atoms with van der Waals surface area (Å²) in [6, 6.07) is 18.7. The molecule has 1 aliphatic rings. The molecular weight excluding hydrogens is 372 g/mol. The van der Waals surface area contributed by atoms with Crippen LogP contribution in [0.3, 0.4) is 0 Å². The molecule has 2 aromatic rings. The predicted octanol–water partition coefficient (Wildman–Crippen LogP) is 6.20. The Bertz CT molecular complexity index is 854. The van der Waals surface area contributed by atoms with Crippen molar-refractivity contribution in [3.05, 3.63) is 77.9 Å². The fourth-order valence-corrected chi connectivity index (χ4v) is 4.30. The van der Waals surface area contributed by atoms with Gasteiger partial charge in [-0.2, -0.15) is 0 Å². The Labute approximate surface area is 180 Å². The van der Waals surface area contributed by atoms with Gasteiger partial charge in [0.15, 0.2) is 5.78 Å². The Balaban J connectivity index is 1.84. The molecule has 3 rings (SSSR count). The van der Waals surface area contributed by atoms with E-state index in [0.717, 1.165) is 24.8 Å². The normalized spacial score (nSPS) is 22.7.